The van der Waals surface area contributed by atoms with E-state index in [-0.39, 0.29) is 17.5 Å². The lowest BCUT2D eigenvalue weighted by Crippen LogP contribution is -2.44. The second-order valence-electron chi connectivity index (χ2n) is 4.61. The Balaban J connectivity index is 2.04. The van der Waals surface area contributed by atoms with Crippen LogP contribution in [0.25, 0.3) is 0 Å². The van der Waals surface area contributed by atoms with Gasteiger partial charge in [-0.1, -0.05) is 29.5 Å². The van der Waals surface area contributed by atoms with E-state index in [0.29, 0.717) is 6.42 Å². The molecule has 0 aromatic carbocycles. The van der Waals surface area contributed by atoms with E-state index in [2.05, 4.69) is 34.4 Å². The quantitative estimate of drug-likeness (QED) is 0.441. The summed E-state index contributed by atoms with van der Waals surface area (Å²) in [5.41, 5.74) is 0.171. The molecule has 2 aliphatic rings. The maximum atomic E-state index is 11.4. The molecule has 0 saturated carbocycles. The average Bonchev–Trinajstić information content (AvgIpc) is 2.56. The number of halogens is 1. The first-order chi connectivity index (χ1) is 7.20. The van der Waals surface area contributed by atoms with E-state index in [1.807, 2.05) is 0 Å². The molecule has 2 aliphatic heterocycles. The zero-order valence-corrected chi connectivity index (χ0v) is 11.3. The summed E-state index contributed by atoms with van der Waals surface area (Å²) >= 11 is 2.34. The lowest BCUT2D eigenvalue weighted by atomic mass is 9.73. The summed E-state index contributed by atoms with van der Waals surface area (Å²) in [6, 6.07) is 0. The summed E-state index contributed by atoms with van der Waals surface area (Å²) in [5, 5.41) is 0. The number of nitrogens with zero attached hydrogens (tertiary/aromatic N) is 1. The van der Waals surface area contributed by atoms with E-state index in [9.17, 15) is 4.79 Å². The summed E-state index contributed by atoms with van der Waals surface area (Å²) in [7, 11) is 0. The smallest absolute Gasteiger partial charge is 0.306 e. The van der Waals surface area contributed by atoms with Gasteiger partial charge in [0.2, 0.25) is 0 Å². The minimum absolute atomic E-state index is 0.0154. The lowest BCUT2D eigenvalue weighted by molar-refractivity contribution is -0.140. The third kappa shape index (κ3) is 2.16. The van der Waals surface area contributed by atoms with Gasteiger partial charge in [0.15, 0.2) is 0 Å². The number of ether oxygens (including phenoxy) is 1. The lowest BCUT2D eigenvalue weighted by Gasteiger charge is -2.40. The van der Waals surface area contributed by atoms with Gasteiger partial charge in [0.05, 0.1) is 6.42 Å². The molecule has 1 unspecified atom stereocenters. The molecule has 0 amide bonds. The van der Waals surface area contributed by atoms with Crippen LogP contribution >= 0.6 is 22.6 Å². The second-order valence-corrected chi connectivity index (χ2v) is 5.49. The van der Waals surface area contributed by atoms with Crippen LogP contribution in [0.5, 0.6) is 0 Å². The Morgan fingerprint density at radius 2 is 2.20 bits per heavy atom. The van der Waals surface area contributed by atoms with Crippen molar-refractivity contribution >= 4 is 28.6 Å². The number of hydrogen-bond donors (Lipinski definition) is 0. The number of carbonyl (C=O) groups excluding carboxylic acids is 1. The van der Waals surface area contributed by atoms with Crippen molar-refractivity contribution in [3.63, 3.8) is 0 Å². The van der Waals surface area contributed by atoms with Crippen LogP contribution in [0.1, 0.15) is 26.2 Å². The molecule has 0 aliphatic carbocycles. The zero-order chi connectivity index (χ0) is 10.9. The van der Waals surface area contributed by atoms with Gasteiger partial charge in [-0.2, -0.15) is 0 Å². The van der Waals surface area contributed by atoms with Gasteiger partial charge < -0.3 is 9.64 Å². The third-order valence-corrected chi connectivity index (χ3v) is 4.69. The second kappa shape index (κ2) is 4.57. The van der Waals surface area contributed by atoms with Gasteiger partial charge in [-0.05, 0) is 32.5 Å². The van der Waals surface area contributed by atoms with Gasteiger partial charge in [-0.15, -0.1) is 0 Å². The topological polar surface area (TPSA) is 29.5 Å². The molecule has 2 saturated heterocycles. The molecule has 86 valence electrons. The molecule has 4 heteroatoms. The van der Waals surface area contributed by atoms with Crippen LogP contribution in [0, 0.1) is 5.41 Å². The summed E-state index contributed by atoms with van der Waals surface area (Å²) in [5.74, 6) is 0.0154. The van der Waals surface area contributed by atoms with Crippen molar-refractivity contribution in [2.45, 2.75) is 32.3 Å². The zero-order valence-electron chi connectivity index (χ0n) is 9.17. The van der Waals surface area contributed by atoms with E-state index in [1.165, 1.54) is 0 Å². The van der Waals surface area contributed by atoms with Gasteiger partial charge in [0.25, 0.3) is 0 Å². The van der Waals surface area contributed by atoms with Crippen LogP contribution in [-0.4, -0.2) is 41.0 Å². The first-order valence-electron chi connectivity index (χ1n) is 5.68. The van der Waals surface area contributed by atoms with E-state index in [0.717, 1.165) is 36.9 Å². The monoisotopic (exact) mass is 323 g/mol. The van der Waals surface area contributed by atoms with E-state index in [1.54, 1.807) is 0 Å². The molecule has 3 nitrogen and oxygen atoms in total. The Hall–Kier alpha value is 0.160. The van der Waals surface area contributed by atoms with E-state index < -0.39 is 0 Å². The minimum Gasteiger partial charge on any atom is -0.461 e. The number of rotatable bonds is 2. The molecule has 2 fully saturated rings. The Bertz CT molecular complexity index is 249. The van der Waals surface area contributed by atoms with Crippen molar-refractivity contribution in [1.29, 1.82) is 0 Å². The summed E-state index contributed by atoms with van der Waals surface area (Å²) in [4.78, 5) is 13.9. The number of piperidine rings is 1. The minimum atomic E-state index is 0.0154. The van der Waals surface area contributed by atoms with Crippen LogP contribution in [0.2, 0.25) is 0 Å². The normalized spacial score (nSPS) is 30.8. The van der Waals surface area contributed by atoms with Crippen LogP contribution in [-0.2, 0) is 9.53 Å². The Morgan fingerprint density at radius 3 is 2.73 bits per heavy atom. The summed E-state index contributed by atoms with van der Waals surface area (Å²) in [6.07, 6.45) is 3.07. The SMILES string of the molecule is CCN1CCC2(CC1)CC(=O)OC2CI. The number of esters is 1. The standard InChI is InChI=1S/C11H18INO2/c1-2-13-5-3-11(4-6-13)7-10(14)15-9(11)8-12/h9H,2-8H2,1H3. The largest absolute Gasteiger partial charge is 0.461 e. The highest BCUT2D eigenvalue weighted by atomic mass is 127. The molecular formula is C11H18INO2. The molecule has 0 aromatic rings. The maximum absolute atomic E-state index is 11.4. The molecule has 0 aromatic heterocycles. The average molecular weight is 323 g/mol. The Labute approximate surface area is 105 Å². The Kier molecular flexibility index (Phi) is 3.55. The first-order valence-corrected chi connectivity index (χ1v) is 7.20. The van der Waals surface area contributed by atoms with Gasteiger partial charge >= 0.3 is 5.97 Å². The van der Waals surface area contributed by atoms with E-state index >= 15 is 0 Å². The predicted octanol–water partition coefficient (Wildman–Crippen LogP) is 1.84. The fourth-order valence-electron chi connectivity index (χ4n) is 2.74. The fraction of sp³-hybridized carbons (Fsp3) is 0.909. The van der Waals surface area contributed by atoms with E-state index in [4.69, 9.17) is 4.74 Å². The molecule has 1 atom stereocenters. The van der Waals surface area contributed by atoms with Crippen molar-refractivity contribution < 1.29 is 9.53 Å². The van der Waals surface area contributed by atoms with Crippen LogP contribution in [0.4, 0.5) is 0 Å². The molecule has 0 N–H and O–H groups in total. The number of alkyl halides is 1. The van der Waals surface area contributed by atoms with Gasteiger partial charge in [-0.25, -0.2) is 0 Å². The molecule has 0 radical (unpaired) electrons. The first kappa shape index (κ1) is 11.6. The number of carbonyl (C=O) groups is 1. The number of cyclic esters (lactones) is 1. The Morgan fingerprint density at radius 1 is 1.53 bits per heavy atom. The molecule has 0 bridgehead atoms. The van der Waals surface area contributed by atoms with Crippen LogP contribution < -0.4 is 0 Å². The molecular weight excluding hydrogens is 305 g/mol. The van der Waals surface area contributed by atoms with Gasteiger partial charge in [0, 0.05) is 9.84 Å². The predicted molar refractivity (Wildman–Crippen MR) is 67.2 cm³/mol. The summed E-state index contributed by atoms with van der Waals surface area (Å²) < 4.78 is 6.35. The van der Waals surface area contributed by atoms with Gasteiger partial charge in [0.1, 0.15) is 6.10 Å². The highest BCUT2D eigenvalue weighted by Gasteiger charge is 2.49. The highest BCUT2D eigenvalue weighted by Crippen LogP contribution is 2.45. The van der Waals surface area contributed by atoms with Crippen molar-refractivity contribution in [1.82, 2.24) is 4.90 Å². The number of likely N-dealkylation sites (tertiary alicyclic amines) is 1. The highest BCUT2D eigenvalue weighted by molar-refractivity contribution is 14.1. The molecule has 15 heavy (non-hydrogen) atoms. The van der Waals surface area contributed by atoms with Gasteiger partial charge in [-0.3, -0.25) is 4.79 Å². The van der Waals surface area contributed by atoms with Crippen LogP contribution in [0.3, 0.4) is 0 Å². The van der Waals surface area contributed by atoms with Crippen molar-refractivity contribution in [3.05, 3.63) is 0 Å². The molecule has 2 rings (SSSR count). The molecule has 1 spiro atoms. The van der Waals surface area contributed by atoms with Crippen molar-refractivity contribution in [2.75, 3.05) is 24.1 Å². The molecule has 2 heterocycles. The fourth-order valence-corrected chi connectivity index (χ4v) is 3.85. The van der Waals surface area contributed by atoms with Crippen molar-refractivity contribution in [3.8, 4) is 0 Å². The maximum Gasteiger partial charge on any atom is 0.306 e. The van der Waals surface area contributed by atoms with Crippen LogP contribution in [0.15, 0.2) is 0 Å². The number of hydrogen-bond acceptors (Lipinski definition) is 3. The third-order valence-electron chi connectivity index (χ3n) is 3.89. The summed E-state index contributed by atoms with van der Waals surface area (Å²) in [6.45, 7) is 5.57. The van der Waals surface area contributed by atoms with Crippen molar-refractivity contribution in [2.24, 2.45) is 5.41 Å².